The highest BCUT2D eigenvalue weighted by molar-refractivity contribution is 5.87. The van der Waals surface area contributed by atoms with Gasteiger partial charge in [0.1, 0.15) is 5.69 Å². The zero-order valence-electron chi connectivity index (χ0n) is 13.7. The highest BCUT2D eigenvalue weighted by Crippen LogP contribution is 2.36. The number of nitrogens with zero attached hydrogens (tertiary/aromatic N) is 2. The van der Waals surface area contributed by atoms with E-state index in [1.807, 2.05) is 0 Å². The molecular weight excluding hydrogens is 296 g/mol. The third-order valence-electron chi connectivity index (χ3n) is 4.05. The van der Waals surface area contributed by atoms with E-state index < -0.39 is 5.97 Å². The molecule has 0 saturated carbocycles. The molecule has 124 valence electrons. The van der Waals surface area contributed by atoms with Crippen molar-refractivity contribution in [1.82, 2.24) is 0 Å². The van der Waals surface area contributed by atoms with Gasteiger partial charge in [-0.3, -0.25) is 10.1 Å². The van der Waals surface area contributed by atoms with Crippen LogP contribution in [0.15, 0.2) is 24.3 Å². The predicted octanol–water partition coefficient (Wildman–Crippen LogP) is 3.41. The quantitative estimate of drug-likeness (QED) is 0.368. The smallest absolute Gasteiger partial charge is 0.330 e. The van der Waals surface area contributed by atoms with Crippen LogP contribution in [0.2, 0.25) is 0 Å². The fraction of sp³-hybridized carbons (Fsp3) is 0.471. The monoisotopic (exact) mass is 318 g/mol. The minimum atomic E-state index is -0.491. The lowest BCUT2D eigenvalue weighted by Crippen LogP contribution is -2.40. The van der Waals surface area contributed by atoms with Crippen LogP contribution in [0.3, 0.4) is 0 Å². The van der Waals surface area contributed by atoms with Gasteiger partial charge < -0.3 is 9.64 Å². The average Bonchev–Trinajstić information content (AvgIpc) is 2.51. The Hall–Kier alpha value is -2.37. The number of nitro benzene ring substituents is 1. The maximum absolute atomic E-state index is 11.4. The molecule has 1 saturated heterocycles. The van der Waals surface area contributed by atoms with E-state index in [-0.39, 0.29) is 16.0 Å². The number of esters is 1. The number of carbonyl (C=O) groups is 1. The first-order chi connectivity index (χ1) is 10.8. The number of carbonyl (C=O) groups excluding carboxylic acids is 1. The van der Waals surface area contributed by atoms with Crippen molar-refractivity contribution in [2.75, 3.05) is 25.1 Å². The average molecular weight is 318 g/mol. The van der Waals surface area contributed by atoms with E-state index in [1.165, 1.54) is 25.3 Å². The first kappa shape index (κ1) is 17.0. The second-order valence-corrected chi connectivity index (χ2v) is 6.55. The number of ether oxygens (including phenoxy) is 1. The molecule has 0 spiro atoms. The second-order valence-electron chi connectivity index (χ2n) is 6.55. The van der Waals surface area contributed by atoms with E-state index in [0.29, 0.717) is 11.3 Å². The lowest BCUT2D eigenvalue weighted by atomic mass is 9.84. The third kappa shape index (κ3) is 4.31. The van der Waals surface area contributed by atoms with Crippen LogP contribution in [0.1, 0.15) is 32.3 Å². The van der Waals surface area contributed by atoms with Gasteiger partial charge >= 0.3 is 5.97 Å². The lowest BCUT2D eigenvalue weighted by molar-refractivity contribution is -0.384. The molecule has 2 rings (SSSR count). The van der Waals surface area contributed by atoms with Crippen molar-refractivity contribution < 1.29 is 14.5 Å². The van der Waals surface area contributed by atoms with Gasteiger partial charge in [-0.05, 0) is 36.0 Å². The number of nitro groups is 1. The Kier molecular flexibility index (Phi) is 5.03. The summed E-state index contributed by atoms with van der Waals surface area (Å²) in [6.45, 7) is 5.98. The summed E-state index contributed by atoms with van der Waals surface area (Å²) in [6, 6.07) is 5.04. The van der Waals surface area contributed by atoms with E-state index in [2.05, 4.69) is 23.5 Å². The number of hydrogen-bond donors (Lipinski definition) is 0. The molecular formula is C17H22N2O4. The number of piperidine rings is 1. The van der Waals surface area contributed by atoms with Gasteiger partial charge in [0.15, 0.2) is 0 Å². The Balaban J connectivity index is 2.32. The van der Waals surface area contributed by atoms with Crippen LogP contribution in [0.25, 0.3) is 6.08 Å². The molecule has 1 aliphatic rings. The minimum Gasteiger partial charge on any atom is -0.466 e. The van der Waals surface area contributed by atoms with Crippen LogP contribution in [0, 0.1) is 15.5 Å². The van der Waals surface area contributed by atoms with Crippen molar-refractivity contribution in [1.29, 1.82) is 0 Å². The molecule has 1 aliphatic heterocycles. The molecule has 0 aromatic heterocycles. The van der Waals surface area contributed by atoms with Crippen LogP contribution in [0.5, 0.6) is 0 Å². The van der Waals surface area contributed by atoms with Crippen LogP contribution < -0.4 is 4.90 Å². The fourth-order valence-corrected chi connectivity index (χ4v) is 2.92. The first-order valence-electron chi connectivity index (χ1n) is 7.62. The zero-order chi connectivity index (χ0) is 17.0. The van der Waals surface area contributed by atoms with Gasteiger partial charge in [0.05, 0.1) is 12.0 Å². The highest BCUT2D eigenvalue weighted by atomic mass is 16.6. The number of benzene rings is 1. The number of hydrogen-bond acceptors (Lipinski definition) is 5. The molecule has 0 radical (unpaired) electrons. The van der Waals surface area contributed by atoms with Crippen molar-refractivity contribution in [2.24, 2.45) is 5.41 Å². The molecule has 0 unspecified atom stereocenters. The van der Waals surface area contributed by atoms with Gasteiger partial charge in [-0.15, -0.1) is 0 Å². The highest BCUT2D eigenvalue weighted by Gasteiger charge is 2.29. The maximum atomic E-state index is 11.4. The minimum absolute atomic E-state index is 0.0646. The van der Waals surface area contributed by atoms with Crippen molar-refractivity contribution in [3.8, 4) is 0 Å². The molecule has 0 N–H and O–H groups in total. The summed E-state index contributed by atoms with van der Waals surface area (Å²) < 4.78 is 4.52. The Bertz CT molecular complexity index is 637. The molecule has 1 aromatic carbocycles. The summed E-state index contributed by atoms with van der Waals surface area (Å²) in [4.78, 5) is 24.3. The summed E-state index contributed by atoms with van der Waals surface area (Å²) in [5.74, 6) is -0.491. The topological polar surface area (TPSA) is 72.7 Å². The Morgan fingerprint density at radius 2 is 2.17 bits per heavy atom. The van der Waals surface area contributed by atoms with Gasteiger partial charge in [-0.25, -0.2) is 4.79 Å². The maximum Gasteiger partial charge on any atom is 0.330 e. The fourth-order valence-electron chi connectivity index (χ4n) is 2.92. The van der Waals surface area contributed by atoms with Crippen molar-refractivity contribution >= 4 is 23.4 Å². The predicted molar refractivity (Wildman–Crippen MR) is 89.4 cm³/mol. The normalized spacial score (nSPS) is 17.3. The number of anilines is 1. The zero-order valence-corrected chi connectivity index (χ0v) is 13.7. The Labute approximate surface area is 135 Å². The van der Waals surface area contributed by atoms with Crippen LogP contribution in [-0.4, -0.2) is 31.1 Å². The molecule has 0 bridgehead atoms. The van der Waals surface area contributed by atoms with E-state index in [9.17, 15) is 14.9 Å². The molecule has 0 amide bonds. The van der Waals surface area contributed by atoms with Gasteiger partial charge in [-0.1, -0.05) is 19.9 Å². The second kappa shape index (κ2) is 6.81. The molecule has 6 nitrogen and oxygen atoms in total. The summed E-state index contributed by atoms with van der Waals surface area (Å²) in [7, 11) is 1.29. The molecule has 1 heterocycles. The first-order valence-corrected chi connectivity index (χ1v) is 7.62. The Morgan fingerprint density at radius 3 is 2.78 bits per heavy atom. The lowest BCUT2D eigenvalue weighted by Gasteiger charge is -2.39. The molecule has 1 fully saturated rings. The summed E-state index contributed by atoms with van der Waals surface area (Å²) >= 11 is 0. The molecule has 6 heteroatoms. The van der Waals surface area contributed by atoms with Crippen molar-refractivity contribution in [2.45, 2.75) is 26.7 Å². The SMILES string of the molecule is COC(=O)/C=C/c1ccc(N2CCCC(C)(C)C2)c([N+](=O)[O-])c1. The van der Waals surface area contributed by atoms with Crippen LogP contribution >= 0.6 is 0 Å². The number of methoxy groups -OCH3 is 1. The standard InChI is InChI=1S/C17H22N2O4/c1-17(2)9-4-10-18(12-17)14-7-5-13(6-8-16(20)23-3)11-15(14)19(21)22/h5-8,11H,4,9-10,12H2,1-3H3/b8-6+. The van der Waals surface area contributed by atoms with Gasteiger partial charge in [0, 0.05) is 25.2 Å². The van der Waals surface area contributed by atoms with Crippen molar-refractivity contribution in [3.63, 3.8) is 0 Å². The van der Waals surface area contributed by atoms with E-state index >= 15 is 0 Å². The van der Waals surface area contributed by atoms with Crippen LogP contribution in [-0.2, 0) is 9.53 Å². The van der Waals surface area contributed by atoms with Gasteiger partial charge in [0.2, 0.25) is 0 Å². The van der Waals surface area contributed by atoms with E-state index in [1.54, 1.807) is 12.1 Å². The largest absolute Gasteiger partial charge is 0.466 e. The van der Waals surface area contributed by atoms with Crippen molar-refractivity contribution in [3.05, 3.63) is 40.0 Å². The van der Waals surface area contributed by atoms with Gasteiger partial charge in [0.25, 0.3) is 5.69 Å². The molecule has 0 atom stereocenters. The van der Waals surface area contributed by atoms with Gasteiger partial charge in [-0.2, -0.15) is 0 Å². The summed E-state index contributed by atoms with van der Waals surface area (Å²) in [6.07, 6.45) is 4.91. The third-order valence-corrected chi connectivity index (χ3v) is 4.05. The number of rotatable bonds is 4. The van der Waals surface area contributed by atoms with E-state index in [4.69, 9.17) is 0 Å². The molecule has 0 aliphatic carbocycles. The Morgan fingerprint density at radius 1 is 1.43 bits per heavy atom. The summed E-state index contributed by atoms with van der Waals surface area (Å²) in [5, 5.41) is 11.4. The molecule has 23 heavy (non-hydrogen) atoms. The summed E-state index contributed by atoms with van der Waals surface area (Å²) in [5.41, 5.74) is 1.45. The van der Waals surface area contributed by atoms with Crippen LogP contribution in [0.4, 0.5) is 11.4 Å². The molecule has 1 aromatic rings. The van der Waals surface area contributed by atoms with E-state index in [0.717, 1.165) is 25.9 Å².